The smallest absolute Gasteiger partial charge is 0.164 e. The van der Waals surface area contributed by atoms with Gasteiger partial charge in [-0.05, 0) is 25.3 Å². The average molecular weight is 308 g/mol. The number of imidazole rings is 1. The van der Waals surface area contributed by atoms with Crippen molar-refractivity contribution in [3.63, 3.8) is 0 Å². The Morgan fingerprint density at radius 2 is 2.00 bits per heavy atom. The molecule has 0 aliphatic carbocycles. The van der Waals surface area contributed by atoms with Crippen molar-refractivity contribution in [3.05, 3.63) is 23.8 Å². The normalized spacial score (nSPS) is 12.3. The maximum absolute atomic E-state index is 13.0. The Morgan fingerprint density at radius 1 is 1.33 bits per heavy atom. The van der Waals surface area contributed by atoms with Crippen LogP contribution in [-0.2, 0) is 11.0 Å². The van der Waals surface area contributed by atoms with E-state index in [0.717, 1.165) is 28.9 Å². The summed E-state index contributed by atoms with van der Waals surface area (Å²) in [4.78, 5) is 7.90. The molecule has 2 rings (SSSR count). The summed E-state index contributed by atoms with van der Waals surface area (Å²) < 4.78 is 18.7. The predicted octanol–water partition coefficient (Wildman–Crippen LogP) is 4.20. The third kappa shape index (κ3) is 3.16. The second-order valence-electron chi connectivity index (χ2n) is 5.90. The Hall–Kier alpha value is -1.28. The fourth-order valence-electron chi connectivity index (χ4n) is 2.65. The fourth-order valence-corrected chi connectivity index (χ4v) is 4.64. The van der Waals surface area contributed by atoms with Crippen LogP contribution in [0.1, 0.15) is 39.2 Å². The number of hydrogen-bond acceptors (Lipinski definition) is 3. The minimum absolute atomic E-state index is 0.520. The van der Waals surface area contributed by atoms with E-state index in [9.17, 15) is 4.57 Å². The van der Waals surface area contributed by atoms with E-state index in [-0.39, 0.29) is 0 Å². The number of nitrogens with zero attached hydrogens (tertiary/aromatic N) is 1. The molecule has 0 saturated carbocycles. The van der Waals surface area contributed by atoms with E-state index in [1.54, 1.807) is 6.26 Å². The Morgan fingerprint density at radius 3 is 2.57 bits per heavy atom. The molecule has 0 atom stereocenters. The first-order valence-electron chi connectivity index (χ1n) is 7.63. The predicted molar refractivity (Wildman–Crippen MR) is 87.9 cm³/mol. The number of hydrogen-bond donors (Lipinski definition) is 1. The van der Waals surface area contributed by atoms with Crippen LogP contribution in [0.5, 0.6) is 0 Å². The quantitative estimate of drug-likeness (QED) is 0.813. The van der Waals surface area contributed by atoms with E-state index < -0.39 is 7.14 Å². The van der Waals surface area contributed by atoms with Crippen LogP contribution in [0, 0.1) is 12.8 Å². The maximum atomic E-state index is 13.0. The van der Waals surface area contributed by atoms with Crippen molar-refractivity contribution in [1.29, 1.82) is 0 Å². The molecule has 0 spiro atoms. The zero-order valence-corrected chi connectivity index (χ0v) is 14.5. The fraction of sp³-hybridized carbons (Fsp3) is 0.562. The van der Waals surface area contributed by atoms with Crippen molar-refractivity contribution < 1.29 is 8.98 Å². The number of aromatic amines is 1. The molecule has 1 N–H and O–H groups in total. The second-order valence-corrected chi connectivity index (χ2v) is 9.43. The second kappa shape index (κ2) is 6.23. The Balaban J connectivity index is 2.54. The number of aromatic nitrogens is 2. The Labute approximate surface area is 126 Å². The van der Waals surface area contributed by atoms with E-state index in [1.807, 2.05) is 26.8 Å². The van der Waals surface area contributed by atoms with Crippen LogP contribution in [-0.4, -0.2) is 22.3 Å². The third-order valence-electron chi connectivity index (χ3n) is 3.83. The van der Waals surface area contributed by atoms with Crippen LogP contribution in [0.4, 0.5) is 0 Å². The van der Waals surface area contributed by atoms with Crippen molar-refractivity contribution in [1.82, 2.24) is 9.97 Å². The molecule has 2 heterocycles. The summed E-state index contributed by atoms with van der Waals surface area (Å²) in [7, 11) is -2.38. The van der Waals surface area contributed by atoms with Gasteiger partial charge in [-0.25, -0.2) is 4.98 Å². The first kappa shape index (κ1) is 16.1. The van der Waals surface area contributed by atoms with Crippen LogP contribution in [0.25, 0.3) is 11.5 Å². The lowest BCUT2D eigenvalue weighted by molar-refractivity contribution is 0.574. The number of rotatable bonds is 6. The lowest BCUT2D eigenvalue weighted by Crippen LogP contribution is -2.10. The number of nitrogens with one attached hydrogen (secondary N) is 1. The number of furan rings is 1. The largest absolute Gasteiger partial charge is 0.462 e. The van der Waals surface area contributed by atoms with Crippen molar-refractivity contribution in [3.8, 4) is 11.5 Å². The molecule has 2 aromatic rings. The van der Waals surface area contributed by atoms with Gasteiger partial charge in [0.05, 0.1) is 11.6 Å². The SMILES string of the molecule is CCP(=O)(CC)c1ccoc1-c1nc(C)[nH]c1CC(C)C. The van der Waals surface area contributed by atoms with Crippen LogP contribution in [0.3, 0.4) is 0 Å². The number of H-pyrrole nitrogens is 1. The minimum Gasteiger partial charge on any atom is -0.462 e. The van der Waals surface area contributed by atoms with Crippen LogP contribution >= 0.6 is 7.14 Å². The standard InChI is InChI=1S/C16H25N2O2P/c1-6-21(19,7-2)14-8-9-20-16(14)15-13(10-11(3)4)17-12(5)18-15/h8-9,11H,6-7,10H2,1-5H3,(H,17,18). The third-order valence-corrected chi connectivity index (χ3v) is 7.10. The summed E-state index contributed by atoms with van der Waals surface area (Å²) in [6.07, 6.45) is 3.84. The summed E-state index contributed by atoms with van der Waals surface area (Å²) in [6.45, 7) is 10.2. The molecule has 21 heavy (non-hydrogen) atoms. The van der Waals surface area contributed by atoms with Gasteiger partial charge in [-0.2, -0.15) is 0 Å². The molecule has 116 valence electrons. The lowest BCUT2D eigenvalue weighted by Gasteiger charge is -2.14. The van der Waals surface area contributed by atoms with Gasteiger partial charge in [-0.1, -0.05) is 27.7 Å². The highest BCUT2D eigenvalue weighted by molar-refractivity contribution is 7.71. The molecular weight excluding hydrogens is 283 g/mol. The van der Waals surface area contributed by atoms with Crippen LogP contribution in [0.2, 0.25) is 0 Å². The molecule has 0 aliphatic rings. The van der Waals surface area contributed by atoms with Crippen molar-refractivity contribution in [2.75, 3.05) is 12.3 Å². The highest BCUT2D eigenvalue weighted by Crippen LogP contribution is 2.46. The zero-order chi connectivity index (χ0) is 15.6. The van der Waals surface area contributed by atoms with Gasteiger partial charge in [0.25, 0.3) is 0 Å². The molecule has 5 heteroatoms. The first-order chi connectivity index (χ1) is 9.91. The molecule has 0 radical (unpaired) electrons. The summed E-state index contributed by atoms with van der Waals surface area (Å²) in [5.74, 6) is 2.07. The molecule has 0 amide bonds. The van der Waals surface area contributed by atoms with Crippen molar-refractivity contribution in [2.24, 2.45) is 5.92 Å². The van der Waals surface area contributed by atoms with Gasteiger partial charge in [0.2, 0.25) is 0 Å². The molecule has 0 aliphatic heterocycles. The van der Waals surface area contributed by atoms with Gasteiger partial charge in [-0.15, -0.1) is 0 Å². The lowest BCUT2D eigenvalue weighted by atomic mass is 10.1. The van der Waals surface area contributed by atoms with E-state index in [1.165, 1.54) is 0 Å². The van der Waals surface area contributed by atoms with Crippen LogP contribution < -0.4 is 5.30 Å². The highest BCUT2D eigenvalue weighted by Gasteiger charge is 2.28. The average Bonchev–Trinajstić information content (AvgIpc) is 3.04. The van der Waals surface area contributed by atoms with E-state index in [4.69, 9.17) is 4.42 Å². The summed E-state index contributed by atoms with van der Waals surface area (Å²) in [5.41, 5.74) is 1.89. The minimum atomic E-state index is -2.38. The molecule has 2 aromatic heterocycles. The van der Waals surface area contributed by atoms with Gasteiger partial charge in [0, 0.05) is 18.0 Å². The highest BCUT2D eigenvalue weighted by atomic mass is 31.2. The summed E-state index contributed by atoms with van der Waals surface area (Å²) in [5, 5.41) is 0.837. The Kier molecular flexibility index (Phi) is 4.77. The molecular formula is C16H25N2O2P. The monoisotopic (exact) mass is 308 g/mol. The molecule has 0 aromatic carbocycles. The van der Waals surface area contributed by atoms with Gasteiger partial charge < -0.3 is 14.0 Å². The Bertz CT molecular complexity index is 647. The van der Waals surface area contributed by atoms with Crippen LogP contribution in [0.15, 0.2) is 16.7 Å². The summed E-state index contributed by atoms with van der Waals surface area (Å²) in [6, 6.07) is 1.85. The van der Waals surface area contributed by atoms with Gasteiger partial charge >= 0.3 is 0 Å². The molecule has 0 fully saturated rings. The topological polar surface area (TPSA) is 58.9 Å². The van der Waals surface area contributed by atoms with E-state index in [0.29, 0.717) is 24.0 Å². The maximum Gasteiger partial charge on any atom is 0.164 e. The van der Waals surface area contributed by atoms with Gasteiger partial charge in [0.15, 0.2) is 5.76 Å². The summed E-state index contributed by atoms with van der Waals surface area (Å²) >= 11 is 0. The molecule has 4 nitrogen and oxygen atoms in total. The molecule has 0 unspecified atom stereocenters. The van der Waals surface area contributed by atoms with E-state index in [2.05, 4.69) is 23.8 Å². The molecule has 0 saturated heterocycles. The van der Waals surface area contributed by atoms with Crippen molar-refractivity contribution in [2.45, 2.75) is 41.0 Å². The van der Waals surface area contributed by atoms with Gasteiger partial charge in [-0.3, -0.25) is 0 Å². The van der Waals surface area contributed by atoms with E-state index >= 15 is 0 Å². The van der Waals surface area contributed by atoms with Crippen molar-refractivity contribution >= 4 is 12.4 Å². The first-order valence-corrected chi connectivity index (χ1v) is 9.71. The molecule has 0 bridgehead atoms. The zero-order valence-electron chi connectivity index (χ0n) is 13.6. The van der Waals surface area contributed by atoms with Gasteiger partial charge in [0.1, 0.15) is 18.7 Å². The number of aryl methyl sites for hydroxylation is 1.